The average Bonchev–Trinajstić information content (AvgIpc) is 2.79. The van der Waals surface area contributed by atoms with Gasteiger partial charge in [-0.05, 0) is 52.1 Å². The van der Waals surface area contributed by atoms with Gasteiger partial charge in [-0.1, -0.05) is 43.2 Å². The summed E-state index contributed by atoms with van der Waals surface area (Å²) < 4.78 is 18.2. The number of fused-ring (bicyclic) bond motifs is 2. The van der Waals surface area contributed by atoms with Crippen LogP contribution < -0.4 is 5.32 Å². The molecule has 0 radical (unpaired) electrons. The van der Waals surface area contributed by atoms with E-state index in [1.165, 1.54) is 11.1 Å². The molecule has 34 heavy (non-hydrogen) atoms. The van der Waals surface area contributed by atoms with Gasteiger partial charge < -0.3 is 40.0 Å². The lowest BCUT2D eigenvalue weighted by molar-refractivity contribution is -0.485. The Labute approximate surface area is 202 Å². The van der Waals surface area contributed by atoms with E-state index in [4.69, 9.17) is 14.2 Å². The summed E-state index contributed by atoms with van der Waals surface area (Å²) in [6.07, 6.45) is -1.64. The zero-order valence-electron chi connectivity index (χ0n) is 20.7. The van der Waals surface area contributed by atoms with Crippen molar-refractivity contribution in [3.05, 3.63) is 35.4 Å². The summed E-state index contributed by atoms with van der Waals surface area (Å²) in [5.74, 6) is -2.52. The van der Waals surface area contributed by atoms with Crippen molar-refractivity contribution in [2.75, 3.05) is 7.05 Å². The molecule has 2 aliphatic heterocycles. The van der Waals surface area contributed by atoms with Gasteiger partial charge in [-0.3, -0.25) is 0 Å². The van der Waals surface area contributed by atoms with Gasteiger partial charge >= 0.3 is 0 Å². The molecule has 0 unspecified atom stereocenters. The SMILES string of the molecule is CC[C@@H]1[C@H](O)[C@H](NC)[C@H]2O[C@]3(O)[C@H](O[C@@H]2[C@H]1O)O[C@H](C)C[C@@]3(O)CCCCc1ccc(C)cc1. The van der Waals surface area contributed by atoms with Crippen molar-refractivity contribution < 1.29 is 34.6 Å². The Balaban J connectivity index is 1.50. The number of ether oxygens (including phenoxy) is 3. The molecule has 4 rings (SSSR count). The highest BCUT2D eigenvalue weighted by molar-refractivity contribution is 5.21. The van der Waals surface area contributed by atoms with E-state index >= 15 is 0 Å². The maximum atomic E-state index is 11.7. The number of unbranched alkanes of at least 4 members (excludes halogenated alkanes) is 1. The molecule has 5 N–H and O–H groups in total. The number of hydrogen-bond acceptors (Lipinski definition) is 8. The van der Waals surface area contributed by atoms with E-state index in [0.717, 1.165) is 12.8 Å². The summed E-state index contributed by atoms with van der Waals surface area (Å²) in [7, 11) is 1.70. The fourth-order valence-corrected chi connectivity index (χ4v) is 6.04. The molecule has 2 heterocycles. The van der Waals surface area contributed by atoms with Crippen molar-refractivity contribution in [2.45, 2.75) is 114 Å². The van der Waals surface area contributed by atoms with Gasteiger partial charge in [-0.15, -0.1) is 0 Å². The molecule has 10 atom stereocenters. The van der Waals surface area contributed by atoms with Crippen molar-refractivity contribution in [3.8, 4) is 0 Å². The largest absolute Gasteiger partial charge is 0.391 e. The fourth-order valence-electron chi connectivity index (χ4n) is 6.04. The lowest BCUT2D eigenvalue weighted by Gasteiger charge is -2.60. The molecule has 8 heteroatoms. The van der Waals surface area contributed by atoms with Gasteiger partial charge in [0.25, 0.3) is 0 Å². The summed E-state index contributed by atoms with van der Waals surface area (Å²) >= 11 is 0. The molecule has 0 bridgehead atoms. The van der Waals surface area contributed by atoms with E-state index in [-0.39, 0.29) is 12.5 Å². The molecule has 192 valence electrons. The Morgan fingerprint density at radius 3 is 2.38 bits per heavy atom. The van der Waals surface area contributed by atoms with Crippen LogP contribution in [0.1, 0.15) is 57.1 Å². The third kappa shape index (κ3) is 4.55. The molecule has 3 aliphatic rings. The quantitative estimate of drug-likeness (QED) is 0.372. The first-order valence-corrected chi connectivity index (χ1v) is 12.7. The minimum absolute atomic E-state index is 0.193. The zero-order chi connectivity index (χ0) is 24.7. The lowest BCUT2D eigenvalue weighted by Crippen LogP contribution is -2.78. The number of nitrogens with one attached hydrogen (secondary N) is 1. The van der Waals surface area contributed by atoms with Gasteiger partial charge in [-0.2, -0.15) is 0 Å². The predicted molar refractivity (Wildman–Crippen MR) is 126 cm³/mol. The molecule has 1 aromatic rings. The monoisotopic (exact) mass is 479 g/mol. The Morgan fingerprint density at radius 2 is 1.74 bits per heavy atom. The third-order valence-corrected chi connectivity index (χ3v) is 8.05. The molecule has 1 aromatic carbocycles. The van der Waals surface area contributed by atoms with Gasteiger partial charge in [0.2, 0.25) is 12.1 Å². The van der Waals surface area contributed by atoms with E-state index in [9.17, 15) is 20.4 Å². The average molecular weight is 480 g/mol. The minimum atomic E-state index is -2.11. The second-order valence-electron chi connectivity index (χ2n) is 10.5. The van der Waals surface area contributed by atoms with Gasteiger partial charge in [-0.25, -0.2) is 0 Å². The summed E-state index contributed by atoms with van der Waals surface area (Å²) in [4.78, 5) is 0. The van der Waals surface area contributed by atoms with Crippen molar-refractivity contribution >= 4 is 0 Å². The van der Waals surface area contributed by atoms with Gasteiger partial charge in [0.15, 0.2) is 0 Å². The molecule has 0 amide bonds. The van der Waals surface area contributed by atoms with Gasteiger partial charge in [0.05, 0.1) is 24.4 Å². The summed E-state index contributed by atoms with van der Waals surface area (Å²) in [6, 6.07) is 7.84. The van der Waals surface area contributed by atoms with Crippen LogP contribution in [-0.4, -0.2) is 81.7 Å². The van der Waals surface area contributed by atoms with E-state index in [1.807, 2.05) is 13.8 Å². The highest BCUT2D eigenvalue weighted by atomic mass is 16.8. The summed E-state index contributed by atoms with van der Waals surface area (Å²) in [5.41, 5.74) is 0.865. The molecule has 2 saturated heterocycles. The molecule has 1 aliphatic carbocycles. The number of benzene rings is 1. The Kier molecular flexibility index (Phi) is 7.72. The minimum Gasteiger partial charge on any atom is -0.391 e. The number of likely N-dealkylation sites (N-methyl/N-ethyl adjacent to an activating group) is 1. The summed E-state index contributed by atoms with van der Waals surface area (Å²) in [5, 5.41) is 48.3. The first-order valence-electron chi connectivity index (χ1n) is 12.7. The van der Waals surface area contributed by atoms with E-state index in [0.29, 0.717) is 19.3 Å². The second kappa shape index (κ2) is 10.1. The first kappa shape index (κ1) is 26.0. The molecular weight excluding hydrogens is 438 g/mol. The molecule has 3 fully saturated rings. The maximum Gasteiger partial charge on any atom is 0.248 e. The number of aliphatic hydroxyl groups excluding tert-OH is 2. The van der Waals surface area contributed by atoms with Gasteiger partial charge in [0, 0.05) is 12.3 Å². The van der Waals surface area contributed by atoms with Crippen molar-refractivity contribution in [1.82, 2.24) is 5.32 Å². The number of aryl methyl sites for hydroxylation is 2. The van der Waals surface area contributed by atoms with Crippen molar-refractivity contribution in [2.24, 2.45) is 5.92 Å². The van der Waals surface area contributed by atoms with Crippen LogP contribution in [0.2, 0.25) is 0 Å². The Hall–Kier alpha value is -1.10. The highest BCUT2D eigenvalue weighted by Crippen LogP contribution is 2.49. The van der Waals surface area contributed by atoms with Crippen LogP contribution in [-0.2, 0) is 20.6 Å². The Bertz CT molecular complexity index is 822. The van der Waals surface area contributed by atoms with Crippen LogP contribution in [0.3, 0.4) is 0 Å². The Morgan fingerprint density at radius 1 is 1.03 bits per heavy atom. The normalized spacial score (nSPS) is 44.4. The van der Waals surface area contributed by atoms with Crippen molar-refractivity contribution in [1.29, 1.82) is 0 Å². The lowest BCUT2D eigenvalue weighted by atomic mass is 9.73. The van der Waals surface area contributed by atoms with Crippen molar-refractivity contribution in [3.63, 3.8) is 0 Å². The second-order valence-corrected chi connectivity index (χ2v) is 10.5. The molecule has 8 nitrogen and oxygen atoms in total. The highest BCUT2D eigenvalue weighted by Gasteiger charge is 2.68. The number of aliphatic hydroxyl groups is 4. The number of hydrogen-bond donors (Lipinski definition) is 5. The van der Waals surface area contributed by atoms with Crippen LogP contribution in [0, 0.1) is 12.8 Å². The first-order chi connectivity index (χ1) is 16.1. The van der Waals surface area contributed by atoms with E-state index in [1.54, 1.807) is 7.05 Å². The van der Waals surface area contributed by atoms with Crippen LogP contribution in [0.25, 0.3) is 0 Å². The molecular formula is C26H41NO7. The van der Waals surface area contributed by atoms with E-state index in [2.05, 4.69) is 36.5 Å². The maximum absolute atomic E-state index is 11.7. The standard InChI is InChI=1S/C26H41NO7/c1-5-18-20(28)19(27-4)22-23(21(18)29)33-24-26(31,34-22)25(30,14-16(3)32-24)13-7-6-8-17-11-9-15(2)10-12-17/h9-12,16,18-24,27-31H,5-8,13-14H2,1-4H3/t16-,18-,19+,20+,21+,22-,23-,24+,25+,26-/m1/s1. The van der Waals surface area contributed by atoms with Crippen LogP contribution in [0.15, 0.2) is 24.3 Å². The fraction of sp³-hybridized carbons (Fsp3) is 0.769. The summed E-state index contributed by atoms with van der Waals surface area (Å²) in [6.45, 7) is 5.79. The topological polar surface area (TPSA) is 121 Å². The smallest absolute Gasteiger partial charge is 0.248 e. The van der Waals surface area contributed by atoms with Crippen LogP contribution in [0.4, 0.5) is 0 Å². The molecule has 0 spiro atoms. The van der Waals surface area contributed by atoms with Crippen LogP contribution >= 0.6 is 0 Å². The van der Waals surface area contributed by atoms with E-state index < -0.39 is 54.1 Å². The zero-order valence-corrected chi connectivity index (χ0v) is 20.7. The number of rotatable bonds is 7. The molecule has 0 aromatic heterocycles. The van der Waals surface area contributed by atoms with Gasteiger partial charge in [0.1, 0.15) is 17.8 Å². The predicted octanol–water partition coefficient (Wildman–Crippen LogP) is 1.40. The van der Waals surface area contributed by atoms with Crippen LogP contribution in [0.5, 0.6) is 0 Å². The molecule has 1 saturated carbocycles. The third-order valence-electron chi connectivity index (χ3n) is 8.05.